The van der Waals surface area contributed by atoms with E-state index in [1.807, 2.05) is 0 Å². The number of esters is 1. The van der Waals surface area contributed by atoms with Crippen molar-refractivity contribution in [3.05, 3.63) is 17.0 Å². The highest BCUT2D eigenvalue weighted by molar-refractivity contribution is 6.28. The van der Waals surface area contributed by atoms with Crippen LogP contribution in [0.2, 0.25) is 5.28 Å². The van der Waals surface area contributed by atoms with Crippen LogP contribution < -0.4 is 5.32 Å². The molecular formula is C12H16ClN3O3. The summed E-state index contributed by atoms with van der Waals surface area (Å²) in [6.07, 6.45) is 4.02. The molecule has 1 heterocycles. The molecule has 0 bridgehead atoms. The Morgan fingerprint density at radius 3 is 2.89 bits per heavy atom. The molecule has 0 saturated heterocycles. The van der Waals surface area contributed by atoms with E-state index in [4.69, 9.17) is 16.3 Å². The monoisotopic (exact) mass is 285 g/mol. The number of carbonyl (C=O) groups is 1. The van der Waals surface area contributed by atoms with Crippen LogP contribution in [0.4, 0.5) is 5.82 Å². The molecule has 0 spiro atoms. The zero-order valence-electron chi connectivity index (χ0n) is 10.6. The smallest absolute Gasteiger partial charge is 0.343 e. The number of halogens is 1. The highest BCUT2D eigenvalue weighted by Gasteiger charge is 2.37. The number of nitrogens with one attached hydrogen (secondary N) is 1. The van der Waals surface area contributed by atoms with Crippen molar-refractivity contribution in [3.63, 3.8) is 0 Å². The summed E-state index contributed by atoms with van der Waals surface area (Å²) in [7, 11) is 0. The molecule has 19 heavy (non-hydrogen) atoms. The van der Waals surface area contributed by atoms with E-state index in [9.17, 15) is 9.90 Å². The quantitative estimate of drug-likeness (QED) is 0.632. The van der Waals surface area contributed by atoms with Gasteiger partial charge in [0, 0.05) is 6.20 Å². The molecule has 1 aromatic heterocycles. The number of ether oxygens (including phenoxy) is 1. The Morgan fingerprint density at radius 1 is 1.63 bits per heavy atom. The van der Waals surface area contributed by atoms with Gasteiger partial charge < -0.3 is 15.2 Å². The van der Waals surface area contributed by atoms with Gasteiger partial charge in [-0.2, -0.15) is 4.98 Å². The van der Waals surface area contributed by atoms with E-state index < -0.39 is 11.5 Å². The molecule has 0 atom stereocenters. The van der Waals surface area contributed by atoms with Crippen molar-refractivity contribution in [2.24, 2.45) is 0 Å². The van der Waals surface area contributed by atoms with Gasteiger partial charge >= 0.3 is 5.97 Å². The summed E-state index contributed by atoms with van der Waals surface area (Å²) in [6, 6.07) is 0. The normalized spacial score (nSPS) is 16.6. The highest BCUT2D eigenvalue weighted by Crippen LogP contribution is 2.35. The number of rotatable bonds is 5. The average Bonchev–Trinajstić information content (AvgIpc) is 2.34. The second-order valence-corrected chi connectivity index (χ2v) is 4.88. The maximum atomic E-state index is 11.8. The summed E-state index contributed by atoms with van der Waals surface area (Å²) in [5.74, 6) is -0.193. The first-order valence-electron chi connectivity index (χ1n) is 6.19. The summed E-state index contributed by atoms with van der Waals surface area (Å²) in [5.41, 5.74) is -0.190. The van der Waals surface area contributed by atoms with Crippen LogP contribution >= 0.6 is 11.6 Å². The maximum absolute atomic E-state index is 11.8. The fourth-order valence-corrected chi connectivity index (χ4v) is 2.12. The number of nitrogens with zero attached hydrogens (tertiary/aromatic N) is 2. The first-order valence-corrected chi connectivity index (χ1v) is 6.57. The van der Waals surface area contributed by atoms with Crippen molar-refractivity contribution < 1.29 is 14.6 Å². The molecular weight excluding hydrogens is 270 g/mol. The molecule has 1 fully saturated rings. The molecule has 104 valence electrons. The molecule has 2 rings (SSSR count). The predicted octanol–water partition coefficient (Wildman–Crippen LogP) is 1.63. The van der Waals surface area contributed by atoms with Crippen LogP contribution in [-0.4, -0.2) is 39.8 Å². The lowest BCUT2D eigenvalue weighted by molar-refractivity contribution is 0.0526. The molecule has 0 aromatic carbocycles. The summed E-state index contributed by atoms with van der Waals surface area (Å²) in [6.45, 7) is 1.98. The molecule has 7 heteroatoms. The summed E-state index contributed by atoms with van der Waals surface area (Å²) in [5, 5.41) is 12.6. The third kappa shape index (κ3) is 2.96. The lowest BCUT2D eigenvalue weighted by atomic mass is 9.77. The van der Waals surface area contributed by atoms with Gasteiger partial charge in [0.2, 0.25) is 5.28 Å². The fourth-order valence-electron chi connectivity index (χ4n) is 1.99. The van der Waals surface area contributed by atoms with Crippen LogP contribution in [-0.2, 0) is 4.74 Å². The van der Waals surface area contributed by atoms with Crippen molar-refractivity contribution in [2.75, 3.05) is 18.5 Å². The van der Waals surface area contributed by atoms with Gasteiger partial charge in [0.05, 0.1) is 18.8 Å². The van der Waals surface area contributed by atoms with Crippen molar-refractivity contribution >= 4 is 23.4 Å². The number of aliphatic hydroxyl groups excluding tert-OH is 1. The van der Waals surface area contributed by atoms with Crippen LogP contribution in [0.5, 0.6) is 0 Å². The largest absolute Gasteiger partial charge is 0.462 e. The molecule has 1 aliphatic rings. The van der Waals surface area contributed by atoms with Crippen molar-refractivity contribution in [2.45, 2.75) is 31.7 Å². The second kappa shape index (κ2) is 5.71. The number of aromatic nitrogens is 2. The third-order valence-corrected chi connectivity index (χ3v) is 3.43. The average molecular weight is 286 g/mol. The number of hydrogen-bond donors (Lipinski definition) is 2. The standard InChI is InChI=1S/C12H16ClN3O3/c1-2-19-10(18)8-6-14-11(13)15-9(8)16-12(7-17)4-3-5-12/h6,17H,2-5,7H2,1H3,(H,14,15,16). The van der Waals surface area contributed by atoms with Crippen LogP contribution in [0, 0.1) is 0 Å². The van der Waals surface area contributed by atoms with E-state index in [1.54, 1.807) is 6.92 Å². The summed E-state index contributed by atoms with van der Waals surface area (Å²) >= 11 is 5.75. The lowest BCUT2D eigenvalue weighted by Crippen LogP contribution is -2.48. The number of anilines is 1. The maximum Gasteiger partial charge on any atom is 0.343 e. The van der Waals surface area contributed by atoms with Crippen molar-refractivity contribution in [3.8, 4) is 0 Å². The molecule has 6 nitrogen and oxygen atoms in total. The van der Waals surface area contributed by atoms with Crippen molar-refractivity contribution in [1.29, 1.82) is 0 Å². The Hall–Kier alpha value is -1.40. The minimum absolute atomic E-state index is 0.0170. The van der Waals surface area contributed by atoms with Crippen molar-refractivity contribution in [1.82, 2.24) is 9.97 Å². The van der Waals surface area contributed by atoms with Gasteiger partial charge in [-0.1, -0.05) is 0 Å². The second-order valence-electron chi connectivity index (χ2n) is 4.54. The van der Waals surface area contributed by atoms with Crippen LogP contribution in [0.15, 0.2) is 6.20 Å². The zero-order chi connectivity index (χ0) is 13.9. The lowest BCUT2D eigenvalue weighted by Gasteiger charge is -2.41. The molecule has 1 aliphatic carbocycles. The predicted molar refractivity (Wildman–Crippen MR) is 70.3 cm³/mol. The van der Waals surface area contributed by atoms with Crippen LogP contribution in [0.1, 0.15) is 36.5 Å². The fraction of sp³-hybridized carbons (Fsp3) is 0.583. The van der Waals surface area contributed by atoms with Gasteiger partial charge in [-0.3, -0.25) is 0 Å². The Balaban J connectivity index is 2.27. The van der Waals surface area contributed by atoms with Gasteiger partial charge in [-0.05, 0) is 37.8 Å². The summed E-state index contributed by atoms with van der Waals surface area (Å²) in [4.78, 5) is 19.6. The topological polar surface area (TPSA) is 84.3 Å². The van der Waals surface area contributed by atoms with Crippen LogP contribution in [0.3, 0.4) is 0 Å². The molecule has 0 unspecified atom stereocenters. The highest BCUT2D eigenvalue weighted by atomic mass is 35.5. The third-order valence-electron chi connectivity index (χ3n) is 3.25. The molecule has 0 aliphatic heterocycles. The molecule has 0 amide bonds. The Labute approximate surface area is 116 Å². The Morgan fingerprint density at radius 2 is 2.37 bits per heavy atom. The first kappa shape index (κ1) is 14.0. The van der Waals surface area contributed by atoms with E-state index in [-0.39, 0.29) is 24.1 Å². The Kier molecular flexibility index (Phi) is 4.21. The van der Waals surface area contributed by atoms with Gasteiger partial charge in [0.1, 0.15) is 11.4 Å². The molecule has 1 aromatic rings. The van der Waals surface area contributed by atoms with Gasteiger partial charge in [0.25, 0.3) is 0 Å². The van der Waals surface area contributed by atoms with Crippen LogP contribution in [0.25, 0.3) is 0 Å². The van der Waals surface area contributed by atoms with Gasteiger partial charge in [0.15, 0.2) is 0 Å². The van der Waals surface area contributed by atoms with Gasteiger partial charge in [-0.15, -0.1) is 0 Å². The minimum Gasteiger partial charge on any atom is -0.462 e. The molecule has 1 saturated carbocycles. The van der Waals surface area contributed by atoms with E-state index in [1.165, 1.54) is 6.20 Å². The zero-order valence-corrected chi connectivity index (χ0v) is 11.4. The number of carbonyl (C=O) groups excluding carboxylic acids is 1. The number of hydrogen-bond acceptors (Lipinski definition) is 6. The Bertz CT molecular complexity index is 472. The van der Waals surface area contributed by atoms with E-state index in [0.29, 0.717) is 5.82 Å². The molecule has 2 N–H and O–H groups in total. The van der Waals surface area contributed by atoms with E-state index in [2.05, 4.69) is 15.3 Å². The van der Waals surface area contributed by atoms with E-state index in [0.717, 1.165) is 19.3 Å². The number of aliphatic hydroxyl groups is 1. The SMILES string of the molecule is CCOC(=O)c1cnc(Cl)nc1NC1(CO)CCC1. The first-order chi connectivity index (χ1) is 9.10. The molecule has 0 radical (unpaired) electrons. The van der Waals surface area contributed by atoms with Gasteiger partial charge in [-0.25, -0.2) is 9.78 Å². The minimum atomic E-state index is -0.505. The summed E-state index contributed by atoms with van der Waals surface area (Å²) < 4.78 is 4.94. The van der Waals surface area contributed by atoms with E-state index >= 15 is 0 Å².